The maximum Gasteiger partial charge on any atom is 0.0944 e. The Morgan fingerprint density at radius 1 is 1.30 bits per heavy atom. The molecule has 0 aromatic carbocycles. The highest BCUT2D eigenvalue weighted by Crippen LogP contribution is 2.25. The normalized spacial score (nSPS) is 16.4. The van der Waals surface area contributed by atoms with Crippen molar-refractivity contribution in [2.24, 2.45) is 0 Å². The second kappa shape index (κ2) is 8.11. The Kier molecular flexibility index (Phi) is 6.46. The molecule has 2 rings (SSSR count). The fourth-order valence-corrected chi connectivity index (χ4v) is 3.92. The average molecular weight is 295 g/mol. The Labute approximate surface area is 127 Å². The van der Waals surface area contributed by atoms with Crippen LogP contribution in [0, 0.1) is 0 Å². The van der Waals surface area contributed by atoms with E-state index in [4.69, 9.17) is 4.98 Å². The van der Waals surface area contributed by atoms with Gasteiger partial charge in [-0.2, -0.15) is 0 Å². The molecule has 1 fully saturated rings. The Bertz CT molecular complexity index is 394. The standard InChI is InChI=1S/C16H29N3S/c1-4-8-17-12-14-16(13(2)3)18-15(20-14)7-11-19-9-5-6-10-19/h13,17H,4-12H2,1-3H3. The number of hydrogen-bond donors (Lipinski definition) is 1. The molecule has 0 radical (unpaired) electrons. The molecule has 0 aliphatic carbocycles. The Morgan fingerprint density at radius 3 is 2.70 bits per heavy atom. The van der Waals surface area contributed by atoms with E-state index in [1.165, 1.54) is 54.5 Å². The van der Waals surface area contributed by atoms with Gasteiger partial charge in [0.25, 0.3) is 0 Å². The molecule has 0 amide bonds. The van der Waals surface area contributed by atoms with Crippen LogP contribution in [-0.4, -0.2) is 36.1 Å². The van der Waals surface area contributed by atoms with Gasteiger partial charge in [0.15, 0.2) is 0 Å². The summed E-state index contributed by atoms with van der Waals surface area (Å²) in [6, 6.07) is 0. The molecule has 2 heterocycles. The van der Waals surface area contributed by atoms with Crippen LogP contribution in [0.15, 0.2) is 0 Å². The van der Waals surface area contributed by atoms with E-state index in [2.05, 4.69) is 31.0 Å². The summed E-state index contributed by atoms with van der Waals surface area (Å²) in [7, 11) is 0. The van der Waals surface area contributed by atoms with E-state index in [9.17, 15) is 0 Å². The zero-order chi connectivity index (χ0) is 14.4. The van der Waals surface area contributed by atoms with Crippen LogP contribution in [0.1, 0.15) is 61.5 Å². The number of thiazole rings is 1. The van der Waals surface area contributed by atoms with Crippen LogP contribution in [0.25, 0.3) is 0 Å². The SMILES string of the molecule is CCCNCc1sc(CCN2CCCC2)nc1C(C)C. The maximum absolute atomic E-state index is 4.90. The van der Waals surface area contributed by atoms with Crippen molar-refractivity contribution in [2.45, 2.75) is 58.9 Å². The van der Waals surface area contributed by atoms with Gasteiger partial charge in [0.2, 0.25) is 0 Å². The minimum absolute atomic E-state index is 0.533. The van der Waals surface area contributed by atoms with Crippen LogP contribution in [-0.2, 0) is 13.0 Å². The van der Waals surface area contributed by atoms with Gasteiger partial charge in [-0.1, -0.05) is 20.8 Å². The number of aromatic nitrogens is 1. The van der Waals surface area contributed by atoms with Gasteiger partial charge in [-0.3, -0.25) is 0 Å². The predicted octanol–water partition coefficient (Wildman–Crippen LogP) is 3.40. The van der Waals surface area contributed by atoms with E-state index in [0.29, 0.717) is 5.92 Å². The molecule has 1 aliphatic rings. The highest BCUT2D eigenvalue weighted by atomic mass is 32.1. The molecule has 0 unspecified atom stereocenters. The first-order valence-corrected chi connectivity index (χ1v) is 8.94. The largest absolute Gasteiger partial charge is 0.312 e. The molecule has 114 valence electrons. The average Bonchev–Trinajstić information content (AvgIpc) is 3.05. The van der Waals surface area contributed by atoms with E-state index >= 15 is 0 Å². The van der Waals surface area contributed by atoms with E-state index < -0.39 is 0 Å². The minimum atomic E-state index is 0.533. The highest BCUT2D eigenvalue weighted by molar-refractivity contribution is 7.11. The predicted molar refractivity (Wildman–Crippen MR) is 87.6 cm³/mol. The van der Waals surface area contributed by atoms with Crippen molar-refractivity contribution >= 4 is 11.3 Å². The lowest BCUT2D eigenvalue weighted by atomic mass is 10.1. The first-order valence-electron chi connectivity index (χ1n) is 8.12. The van der Waals surface area contributed by atoms with Crippen LogP contribution in [0.3, 0.4) is 0 Å². The fourth-order valence-electron chi connectivity index (χ4n) is 2.74. The fraction of sp³-hybridized carbons (Fsp3) is 0.812. The Balaban J connectivity index is 1.92. The summed E-state index contributed by atoms with van der Waals surface area (Å²) in [5.74, 6) is 0.533. The van der Waals surface area contributed by atoms with Crippen molar-refractivity contribution in [3.63, 3.8) is 0 Å². The molecule has 3 nitrogen and oxygen atoms in total. The molecule has 1 aliphatic heterocycles. The molecule has 1 aromatic heterocycles. The summed E-state index contributed by atoms with van der Waals surface area (Å²) in [4.78, 5) is 8.93. The number of rotatable bonds is 8. The van der Waals surface area contributed by atoms with Crippen LogP contribution >= 0.6 is 11.3 Å². The van der Waals surface area contributed by atoms with Gasteiger partial charge >= 0.3 is 0 Å². The highest BCUT2D eigenvalue weighted by Gasteiger charge is 2.16. The van der Waals surface area contributed by atoms with Gasteiger partial charge in [0.05, 0.1) is 10.7 Å². The van der Waals surface area contributed by atoms with Gasteiger partial charge in [-0.15, -0.1) is 11.3 Å². The third-order valence-corrected chi connectivity index (χ3v) is 5.00. The third-order valence-electron chi connectivity index (χ3n) is 3.87. The van der Waals surface area contributed by atoms with E-state index in [0.717, 1.165) is 19.5 Å². The topological polar surface area (TPSA) is 28.2 Å². The van der Waals surface area contributed by atoms with Crippen molar-refractivity contribution in [1.82, 2.24) is 15.2 Å². The Hall–Kier alpha value is -0.450. The Morgan fingerprint density at radius 2 is 2.05 bits per heavy atom. The summed E-state index contributed by atoms with van der Waals surface area (Å²) < 4.78 is 0. The lowest BCUT2D eigenvalue weighted by Crippen LogP contribution is -2.21. The number of nitrogens with one attached hydrogen (secondary N) is 1. The molecule has 1 saturated heterocycles. The van der Waals surface area contributed by atoms with Gasteiger partial charge < -0.3 is 10.2 Å². The summed E-state index contributed by atoms with van der Waals surface area (Å²) in [5, 5.41) is 4.84. The van der Waals surface area contributed by atoms with Crippen molar-refractivity contribution in [2.75, 3.05) is 26.2 Å². The molecule has 20 heavy (non-hydrogen) atoms. The zero-order valence-corrected chi connectivity index (χ0v) is 14.1. The van der Waals surface area contributed by atoms with Crippen LogP contribution in [0.5, 0.6) is 0 Å². The van der Waals surface area contributed by atoms with E-state index in [1.807, 2.05) is 11.3 Å². The quantitative estimate of drug-likeness (QED) is 0.745. The molecule has 0 atom stereocenters. The molecule has 1 aromatic rings. The molecule has 0 spiro atoms. The molecule has 1 N–H and O–H groups in total. The lowest BCUT2D eigenvalue weighted by Gasteiger charge is -2.12. The van der Waals surface area contributed by atoms with Crippen molar-refractivity contribution in [3.8, 4) is 0 Å². The minimum Gasteiger partial charge on any atom is -0.312 e. The summed E-state index contributed by atoms with van der Waals surface area (Å²) in [6.07, 6.45) is 5.07. The molecule has 0 bridgehead atoms. The molecular formula is C16H29N3S. The van der Waals surface area contributed by atoms with Gasteiger partial charge in [0, 0.05) is 24.4 Å². The number of likely N-dealkylation sites (tertiary alicyclic amines) is 1. The van der Waals surface area contributed by atoms with Crippen LogP contribution < -0.4 is 5.32 Å². The zero-order valence-electron chi connectivity index (χ0n) is 13.2. The molecular weight excluding hydrogens is 266 g/mol. The van der Waals surface area contributed by atoms with Crippen molar-refractivity contribution in [1.29, 1.82) is 0 Å². The third kappa shape index (κ3) is 4.54. The number of nitrogens with zero attached hydrogens (tertiary/aromatic N) is 2. The van der Waals surface area contributed by atoms with Gasteiger partial charge in [0.1, 0.15) is 0 Å². The van der Waals surface area contributed by atoms with E-state index in [1.54, 1.807) is 0 Å². The maximum atomic E-state index is 4.90. The van der Waals surface area contributed by atoms with Gasteiger partial charge in [-0.25, -0.2) is 4.98 Å². The second-order valence-corrected chi connectivity index (χ2v) is 7.21. The van der Waals surface area contributed by atoms with Gasteiger partial charge in [-0.05, 0) is 44.8 Å². The smallest absolute Gasteiger partial charge is 0.0944 e. The number of hydrogen-bond acceptors (Lipinski definition) is 4. The first kappa shape index (κ1) is 15.9. The lowest BCUT2D eigenvalue weighted by molar-refractivity contribution is 0.343. The van der Waals surface area contributed by atoms with Crippen LogP contribution in [0.2, 0.25) is 0 Å². The summed E-state index contributed by atoms with van der Waals surface area (Å²) >= 11 is 1.92. The summed E-state index contributed by atoms with van der Waals surface area (Å²) in [5.41, 5.74) is 1.31. The summed E-state index contributed by atoms with van der Waals surface area (Å²) in [6.45, 7) is 12.6. The molecule has 0 saturated carbocycles. The second-order valence-electron chi connectivity index (χ2n) is 6.05. The van der Waals surface area contributed by atoms with Crippen molar-refractivity contribution < 1.29 is 0 Å². The first-order chi connectivity index (χ1) is 9.70. The van der Waals surface area contributed by atoms with Crippen molar-refractivity contribution in [3.05, 3.63) is 15.6 Å². The van der Waals surface area contributed by atoms with Crippen LogP contribution in [0.4, 0.5) is 0 Å². The monoisotopic (exact) mass is 295 g/mol. The molecule has 4 heteroatoms. The van der Waals surface area contributed by atoms with E-state index in [-0.39, 0.29) is 0 Å².